The maximum absolute atomic E-state index is 12.7. The minimum atomic E-state index is -0.517. The number of allylic oxidation sites excluding steroid dienone is 4. The molecule has 0 rings (SSSR count). The number of hydrogen-bond donors (Lipinski definition) is 0. The highest BCUT2D eigenvalue weighted by molar-refractivity contribution is 6.30. The molecule has 4 heteroatoms. The van der Waals surface area contributed by atoms with Crippen LogP contribution in [0.5, 0.6) is 0 Å². The van der Waals surface area contributed by atoms with Gasteiger partial charge in [-0.05, 0) is 19.1 Å². The zero-order valence-electron chi connectivity index (χ0n) is 6.52. The Morgan fingerprint density at radius 3 is 2.75 bits per heavy atom. The smallest absolute Gasteiger partial charge is 0.121 e. The van der Waals surface area contributed by atoms with E-state index in [9.17, 15) is 4.39 Å². The Hall–Kier alpha value is -0.520. The summed E-state index contributed by atoms with van der Waals surface area (Å²) in [5, 5.41) is 8.58. The van der Waals surface area contributed by atoms with Crippen molar-refractivity contribution >= 4 is 23.2 Å². The topological polar surface area (TPSA) is 23.8 Å². The Labute approximate surface area is 81.1 Å². The maximum Gasteiger partial charge on any atom is 0.121 e. The van der Waals surface area contributed by atoms with Crippen LogP contribution in [0.4, 0.5) is 4.39 Å². The van der Waals surface area contributed by atoms with Gasteiger partial charge in [-0.25, -0.2) is 4.39 Å². The van der Waals surface area contributed by atoms with Gasteiger partial charge >= 0.3 is 0 Å². The molecule has 0 heterocycles. The van der Waals surface area contributed by atoms with Gasteiger partial charge in [-0.2, -0.15) is 5.26 Å². The van der Waals surface area contributed by atoms with Crippen molar-refractivity contribution in [3.8, 4) is 6.07 Å². The molecule has 0 fully saturated rings. The van der Waals surface area contributed by atoms with Crippen LogP contribution in [-0.2, 0) is 0 Å². The molecule has 66 valence electrons. The van der Waals surface area contributed by atoms with E-state index in [1.165, 1.54) is 6.08 Å². The molecule has 0 aliphatic heterocycles. The summed E-state index contributed by atoms with van der Waals surface area (Å²) in [6.45, 7) is 1.59. The van der Waals surface area contributed by atoms with Crippen molar-refractivity contribution in [3.05, 3.63) is 23.0 Å². The number of hydrogen-bond acceptors (Lipinski definition) is 1. The third-order valence-corrected chi connectivity index (χ3v) is 1.75. The Balaban J connectivity index is 4.37. The molecule has 1 atom stereocenters. The number of rotatable bonds is 3. The third-order valence-electron chi connectivity index (χ3n) is 1.16. The second kappa shape index (κ2) is 6.05. The minimum Gasteiger partial charge on any atom is -0.207 e. The molecule has 0 aliphatic rings. The molecule has 0 saturated heterocycles. The van der Waals surface area contributed by atoms with Crippen LogP contribution < -0.4 is 0 Å². The summed E-state index contributed by atoms with van der Waals surface area (Å²) < 4.78 is 12.7. The predicted molar refractivity (Wildman–Crippen MR) is 48.6 cm³/mol. The predicted octanol–water partition coefficient (Wildman–Crippen LogP) is 3.36. The van der Waals surface area contributed by atoms with Crippen LogP contribution in [0.25, 0.3) is 0 Å². The van der Waals surface area contributed by atoms with Crippen LogP contribution >= 0.6 is 23.2 Å². The van der Waals surface area contributed by atoms with Crippen LogP contribution in [0.2, 0.25) is 0 Å². The average molecular weight is 208 g/mol. The van der Waals surface area contributed by atoms with Crippen LogP contribution in [-0.4, -0.2) is 5.88 Å². The summed E-state index contributed by atoms with van der Waals surface area (Å²) >= 11 is 10.8. The van der Waals surface area contributed by atoms with Gasteiger partial charge < -0.3 is 0 Å². The van der Waals surface area contributed by atoms with E-state index in [4.69, 9.17) is 28.5 Å². The summed E-state index contributed by atoms with van der Waals surface area (Å²) in [6, 6.07) is 1.89. The minimum absolute atomic E-state index is 0.0907. The molecule has 0 spiro atoms. The van der Waals surface area contributed by atoms with Crippen molar-refractivity contribution in [2.75, 3.05) is 5.88 Å². The molecule has 0 aromatic rings. The van der Waals surface area contributed by atoms with Crippen molar-refractivity contribution in [1.29, 1.82) is 5.26 Å². The molecule has 0 aromatic carbocycles. The highest BCUT2D eigenvalue weighted by atomic mass is 35.5. The number of alkyl halides is 1. The SMILES string of the molecule is CC(C#N)/C(Cl)=C\C(F)=C/CCl. The molecular weight excluding hydrogens is 200 g/mol. The van der Waals surface area contributed by atoms with E-state index in [-0.39, 0.29) is 10.9 Å². The van der Waals surface area contributed by atoms with Gasteiger partial charge in [0.05, 0.1) is 12.0 Å². The Kier molecular flexibility index (Phi) is 5.79. The molecule has 0 N–H and O–H groups in total. The van der Waals surface area contributed by atoms with Crippen molar-refractivity contribution in [2.45, 2.75) is 6.92 Å². The first kappa shape index (κ1) is 11.5. The van der Waals surface area contributed by atoms with E-state index >= 15 is 0 Å². The van der Waals surface area contributed by atoms with Gasteiger partial charge in [0.2, 0.25) is 0 Å². The second-order valence-electron chi connectivity index (χ2n) is 2.12. The van der Waals surface area contributed by atoms with Crippen molar-refractivity contribution in [3.63, 3.8) is 0 Å². The molecule has 12 heavy (non-hydrogen) atoms. The lowest BCUT2D eigenvalue weighted by atomic mass is 10.2. The first-order valence-electron chi connectivity index (χ1n) is 3.30. The molecule has 0 aliphatic carbocycles. The summed E-state index contributed by atoms with van der Waals surface area (Å²) in [4.78, 5) is 0. The zero-order valence-corrected chi connectivity index (χ0v) is 8.03. The van der Waals surface area contributed by atoms with Crippen LogP contribution in [0.3, 0.4) is 0 Å². The second-order valence-corrected chi connectivity index (χ2v) is 2.87. The monoisotopic (exact) mass is 207 g/mol. The quantitative estimate of drug-likeness (QED) is 0.515. The lowest BCUT2D eigenvalue weighted by Gasteiger charge is -1.97. The fourth-order valence-corrected chi connectivity index (χ4v) is 0.751. The van der Waals surface area contributed by atoms with Crippen molar-refractivity contribution in [2.24, 2.45) is 5.92 Å². The van der Waals surface area contributed by atoms with Crippen LogP contribution in [0.15, 0.2) is 23.0 Å². The fraction of sp³-hybridized carbons (Fsp3) is 0.375. The normalized spacial score (nSPS) is 15.6. The van der Waals surface area contributed by atoms with E-state index in [0.29, 0.717) is 0 Å². The van der Waals surface area contributed by atoms with E-state index in [0.717, 1.165) is 6.08 Å². The van der Waals surface area contributed by atoms with Crippen molar-refractivity contribution < 1.29 is 4.39 Å². The maximum atomic E-state index is 12.7. The van der Waals surface area contributed by atoms with Gasteiger partial charge in [-0.15, -0.1) is 11.6 Å². The number of nitrogens with zero attached hydrogens (tertiary/aromatic N) is 1. The molecule has 1 unspecified atom stereocenters. The number of halogens is 3. The lowest BCUT2D eigenvalue weighted by molar-refractivity contribution is 0.662. The molecule has 0 radical (unpaired) electrons. The fourth-order valence-electron chi connectivity index (χ4n) is 0.451. The average Bonchev–Trinajstić information content (AvgIpc) is 2.03. The van der Waals surface area contributed by atoms with Gasteiger partial charge in [-0.1, -0.05) is 11.6 Å². The summed E-state index contributed by atoms with van der Waals surface area (Å²) in [5.74, 6) is -0.911. The third kappa shape index (κ3) is 4.38. The lowest BCUT2D eigenvalue weighted by Crippen LogP contribution is -1.88. The molecule has 0 saturated carbocycles. The van der Waals surface area contributed by atoms with E-state index in [1.54, 1.807) is 6.92 Å². The summed E-state index contributed by atoms with van der Waals surface area (Å²) in [7, 11) is 0. The Bertz CT molecular complexity index is 240. The summed E-state index contributed by atoms with van der Waals surface area (Å²) in [5.41, 5.74) is 0. The molecule has 0 aromatic heterocycles. The Morgan fingerprint density at radius 1 is 1.75 bits per heavy atom. The van der Waals surface area contributed by atoms with E-state index in [1.807, 2.05) is 6.07 Å². The Morgan fingerprint density at radius 2 is 2.33 bits per heavy atom. The number of nitriles is 1. The molecule has 0 amide bonds. The highest BCUT2D eigenvalue weighted by Gasteiger charge is 2.04. The molecule has 1 nitrogen and oxygen atoms in total. The van der Waals surface area contributed by atoms with E-state index < -0.39 is 11.7 Å². The first-order chi connectivity index (χ1) is 5.61. The standard InChI is InChI=1S/C8H8Cl2FN/c1-6(5-12)8(10)4-7(11)2-3-9/h2,4,6H,3H2,1H3/b7-2+,8-4+. The highest BCUT2D eigenvalue weighted by Crippen LogP contribution is 2.17. The molecule has 0 bridgehead atoms. The van der Waals surface area contributed by atoms with Gasteiger partial charge in [0, 0.05) is 10.9 Å². The van der Waals surface area contributed by atoms with Gasteiger partial charge in [0.25, 0.3) is 0 Å². The van der Waals surface area contributed by atoms with Crippen LogP contribution in [0, 0.1) is 17.2 Å². The van der Waals surface area contributed by atoms with E-state index in [2.05, 4.69) is 0 Å². The van der Waals surface area contributed by atoms with Crippen LogP contribution in [0.1, 0.15) is 6.92 Å². The molecular formula is C8H8Cl2FN. The van der Waals surface area contributed by atoms with Gasteiger partial charge in [0.1, 0.15) is 5.83 Å². The van der Waals surface area contributed by atoms with Gasteiger partial charge in [-0.3, -0.25) is 0 Å². The van der Waals surface area contributed by atoms with Gasteiger partial charge in [0.15, 0.2) is 0 Å². The zero-order chi connectivity index (χ0) is 9.56. The summed E-state index contributed by atoms with van der Waals surface area (Å²) in [6.07, 6.45) is 2.27. The first-order valence-corrected chi connectivity index (χ1v) is 4.21. The largest absolute Gasteiger partial charge is 0.207 e. The van der Waals surface area contributed by atoms with Crippen molar-refractivity contribution in [1.82, 2.24) is 0 Å².